The van der Waals surface area contributed by atoms with Crippen molar-refractivity contribution in [2.45, 2.75) is 59.3 Å². The average Bonchev–Trinajstić information content (AvgIpc) is 2.62. The van der Waals surface area contributed by atoms with Crippen LogP contribution in [0.2, 0.25) is 0 Å². The van der Waals surface area contributed by atoms with E-state index in [1.54, 1.807) is 6.20 Å². The summed E-state index contributed by atoms with van der Waals surface area (Å²) in [7, 11) is 0. The third-order valence-corrected chi connectivity index (χ3v) is 4.64. The van der Waals surface area contributed by atoms with Gasteiger partial charge in [-0.25, -0.2) is 14.8 Å². The van der Waals surface area contributed by atoms with E-state index in [-0.39, 0.29) is 5.82 Å². The second-order valence-electron chi connectivity index (χ2n) is 6.70. The fourth-order valence-electron chi connectivity index (χ4n) is 2.94. The van der Waals surface area contributed by atoms with Gasteiger partial charge in [-0.2, -0.15) is 0 Å². The SMILES string of the molecule is CCCCCc1cnc(C(=O)O)nc1-c1ccccc1C[C@@H](C)CC. The molecule has 1 aromatic heterocycles. The summed E-state index contributed by atoms with van der Waals surface area (Å²) >= 11 is 0. The third-order valence-electron chi connectivity index (χ3n) is 4.64. The molecule has 1 atom stereocenters. The molecule has 0 amide bonds. The Morgan fingerprint density at radius 2 is 1.92 bits per heavy atom. The Hall–Kier alpha value is -2.23. The van der Waals surface area contributed by atoms with E-state index in [1.165, 1.54) is 5.56 Å². The molecule has 0 radical (unpaired) electrons. The van der Waals surface area contributed by atoms with Crippen molar-refractivity contribution < 1.29 is 9.90 Å². The third kappa shape index (κ3) is 5.12. The molecule has 4 nitrogen and oxygen atoms in total. The summed E-state index contributed by atoms with van der Waals surface area (Å²) < 4.78 is 0. The first-order valence-corrected chi connectivity index (χ1v) is 9.24. The Balaban J connectivity index is 2.47. The summed E-state index contributed by atoms with van der Waals surface area (Å²) in [6, 6.07) is 8.21. The number of hydrogen-bond donors (Lipinski definition) is 1. The maximum atomic E-state index is 11.3. The summed E-state index contributed by atoms with van der Waals surface area (Å²) in [6.45, 7) is 6.60. The minimum absolute atomic E-state index is 0.132. The molecular weight excluding hydrogens is 312 g/mol. The zero-order chi connectivity index (χ0) is 18.2. The van der Waals surface area contributed by atoms with Gasteiger partial charge in [-0.1, -0.05) is 64.3 Å². The molecule has 0 unspecified atom stereocenters. The number of carboxylic acid groups (broad SMARTS) is 1. The highest BCUT2D eigenvalue weighted by Crippen LogP contribution is 2.28. The highest BCUT2D eigenvalue weighted by atomic mass is 16.4. The number of aryl methyl sites for hydroxylation is 1. The average molecular weight is 340 g/mol. The molecule has 25 heavy (non-hydrogen) atoms. The van der Waals surface area contributed by atoms with E-state index < -0.39 is 5.97 Å². The number of nitrogens with zero attached hydrogens (tertiary/aromatic N) is 2. The molecule has 2 rings (SSSR count). The van der Waals surface area contributed by atoms with Gasteiger partial charge in [0.1, 0.15) is 0 Å². The molecule has 0 aliphatic rings. The number of benzene rings is 1. The lowest BCUT2D eigenvalue weighted by atomic mass is 9.92. The van der Waals surface area contributed by atoms with Crippen molar-refractivity contribution in [2.75, 3.05) is 0 Å². The Labute approximate surface area is 150 Å². The van der Waals surface area contributed by atoms with Gasteiger partial charge in [0.2, 0.25) is 5.82 Å². The van der Waals surface area contributed by atoms with Gasteiger partial charge in [0, 0.05) is 11.8 Å². The number of carboxylic acids is 1. The van der Waals surface area contributed by atoms with Crippen molar-refractivity contribution in [1.29, 1.82) is 0 Å². The molecule has 0 aliphatic carbocycles. The zero-order valence-corrected chi connectivity index (χ0v) is 15.5. The standard InChI is InChI=1S/C21H28N2O2/c1-4-6-7-11-17-14-22-20(21(24)25)23-19(17)18-12-9-8-10-16(18)13-15(3)5-2/h8-10,12,14-15H,4-7,11,13H2,1-3H3,(H,24,25)/t15-/m0/s1. The number of carbonyl (C=O) groups is 1. The fourth-order valence-corrected chi connectivity index (χ4v) is 2.94. The number of aromatic carboxylic acids is 1. The van der Waals surface area contributed by atoms with E-state index >= 15 is 0 Å². The Morgan fingerprint density at radius 1 is 1.16 bits per heavy atom. The number of unbranched alkanes of at least 4 members (excludes halogenated alkanes) is 2. The van der Waals surface area contributed by atoms with E-state index in [1.807, 2.05) is 12.1 Å². The lowest BCUT2D eigenvalue weighted by Gasteiger charge is -2.15. The van der Waals surface area contributed by atoms with Crippen LogP contribution < -0.4 is 0 Å². The first-order valence-electron chi connectivity index (χ1n) is 9.24. The van der Waals surface area contributed by atoms with Crippen molar-refractivity contribution in [3.63, 3.8) is 0 Å². The number of aromatic nitrogens is 2. The van der Waals surface area contributed by atoms with Crippen LogP contribution in [0.15, 0.2) is 30.5 Å². The zero-order valence-electron chi connectivity index (χ0n) is 15.5. The van der Waals surface area contributed by atoms with E-state index in [0.29, 0.717) is 5.92 Å². The molecule has 1 aromatic carbocycles. The molecule has 0 saturated carbocycles. The van der Waals surface area contributed by atoms with Crippen LogP contribution in [0.25, 0.3) is 11.3 Å². The highest BCUT2D eigenvalue weighted by molar-refractivity contribution is 5.84. The van der Waals surface area contributed by atoms with Gasteiger partial charge in [-0.3, -0.25) is 0 Å². The predicted molar refractivity (Wildman–Crippen MR) is 101 cm³/mol. The summed E-state index contributed by atoms with van der Waals surface area (Å²) in [5, 5.41) is 9.29. The van der Waals surface area contributed by atoms with Crippen molar-refractivity contribution in [3.8, 4) is 11.3 Å². The van der Waals surface area contributed by atoms with E-state index in [0.717, 1.165) is 55.3 Å². The molecule has 0 spiro atoms. The van der Waals surface area contributed by atoms with E-state index in [2.05, 4.69) is 42.9 Å². The summed E-state index contributed by atoms with van der Waals surface area (Å²) in [5.41, 5.74) is 4.08. The van der Waals surface area contributed by atoms with Gasteiger partial charge in [-0.15, -0.1) is 0 Å². The lowest BCUT2D eigenvalue weighted by molar-refractivity contribution is 0.0683. The molecule has 0 aliphatic heterocycles. The number of hydrogen-bond acceptors (Lipinski definition) is 3. The minimum atomic E-state index is -1.08. The Kier molecular flexibility index (Phi) is 7.11. The van der Waals surface area contributed by atoms with E-state index in [4.69, 9.17) is 0 Å². The first kappa shape index (κ1) is 19.1. The van der Waals surface area contributed by atoms with Crippen molar-refractivity contribution in [1.82, 2.24) is 9.97 Å². The Bertz CT molecular complexity index is 713. The highest BCUT2D eigenvalue weighted by Gasteiger charge is 2.16. The van der Waals surface area contributed by atoms with Gasteiger partial charge >= 0.3 is 5.97 Å². The van der Waals surface area contributed by atoms with E-state index in [9.17, 15) is 9.90 Å². The van der Waals surface area contributed by atoms with Gasteiger partial charge in [0.05, 0.1) is 5.69 Å². The van der Waals surface area contributed by atoms with Crippen molar-refractivity contribution in [3.05, 3.63) is 47.4 Å². The maximum absolute atomic E-state index is 11.3. The van der Waals surface area contributed by atoms with Gasteiger partial charge in [0.25, 0.3) is 0 Å². The van der Waals surface area contributed by atoms with Crippen LogP contribution in [-0.4, -0.2) is 21.0 Å². The molecule has 0 saturated heterocycles. The van der Waals surface area contributed by atoms with Crippen LogP contribution in [0.1, 0.15) is 68.2 Å². The molecule has 0 bridgehead atoms. The first-order chi connectivity index (χ1) is 12.1. The van der Waals surface area contributed by atoms with Gasteiger partial charge in [0.15, 0.2) is 0 Å². The van der Waals surface area contributed by atoms with Gasteiger partial charge in [-0.05, 0) is 36.3 Å². The molecule has 1 heterocycles. The summed E-state index contributed by atoms with van der Waals surface area (Å²) in [4.78, 5) is 19.8. The smallest absolute Gasteiger partial charge is 0.373 e. The normalized spacial score (nSPS) is 12.1. The second kappa shape index (κ2) is 9.30. The molecule has 134 valence electrons. The van der Waals surface area contributed by atoms with Crippen molar-refractivity contribution in [2.24, 2.45) is 5.92 Å². The molecule has 1 N–H and O–H groups in total. The summed E-state index contributed by atoms with van der Waals surface area (Å²) in [5.74, 6) is -0.640. The molecular formula is C21H28N2O2. The predicted octanol–water partition coefficient (Wildman–Crippen LogP) is 5.16. The van der Waals surface area contributed by atoms with Crippen LogP contribution in [0.3, 0.4) is 0 Å². The lowest BCUT2D eigenvalue weighted by Crippen LogP contribution is -2.09. The molecule has 2 aromatic rings. The molecule has 0 fully saturated rings. The minimum Gasteiger partial charge on any atom is -0.475 e. The van der Waals surface area contributed by atoms with Crippen LogP contribution in [0.5, 0.6) is 0 Å². The van der Waals surface area contributed by atoms with Crippen LogP contribution in [0, 0.1) is 5.92 Å². The fraction of sp³-hybridized carbons (Fsp3) is 0.476. The van der Waals surface area contributed by atoms with Crippen LogP contribution in [0.4, 0.5) is 0 Å². The largest absolute Gasteiger partial charge is 0.475 e. The number of rotatable bonds is 9. The quantitative estimate of drug-likeness (QED) is 0.640. The van der Waals surface area contributed by atoms with Gasteiger partial charge < -0.3 is 5.11 Å². The topological polar surface area (TPSA) is 63.1 Å². The maximum Gasteiger partial charge on any atom is 0.373 e. The monoisotopic (exact) mass is 340 g/mol. The van der Waals surface area contributed by atoms with Crippen LogP contribution >= 0.6 is 0 Å². The summed E-state index contributed by atoms with van der Waals surface area (Å²) in [6.07, 6.45) is 8.01. The Morgan fingerprint density at radius 3 is 2.60 bits per heavy atom. The second-order valence-corrected chi connectivity index (χ2v) is 6.70. The van der Waals surface area contributed by atoms with Crippen LogP contribution in [-0.2, 0) is 12.8 Å². The molecule has 4 heteroatoms. The van der Waals surface area contributed by atoms with Crippen molar-refractivity contribution >= 4 is 5.97 Å².